The minimum absolute atomic E-state index is 1.04. The number of rotatable bonds is 1. The van der Waals surface area contributed by atoms with Gasteiger partial charge in [0, 0.05) is 12.7 Å². The summed E-state index contributed by atoms with van der Waals surface area (Å²) in [5.74, 6) is 0. The fourth-order valence-corrected chi connectivity index (χ4v) is 1.12. The molecule has 0 unspecified atom stereocenters. The summed E-state index contributed by atoms with van der Waals surface area (Å²) in [6.07, 6.45) is 1.04. The average Bonchev–Trinajstić information content (AvgIpc) is 2.36. The summed E-state index contributed by atoms with van der Waals surface area (Å²) in [6, 6.07) is 0. The highest BCUT2D eigenvalue weighted by Crippen LogP contribution is 2.10. The zero-order valence-electron chi connectivity index (χ0n) is 9.10. The van der Waals surface area contributed by atoms with Crippen LogP contribution in [0.1, 0.15) is 37.7 Å². The molecule has 0 atom stereocenters. The Labute approximate surface area is 75.6 Å². The zero-order chi connectivity index (χ0) is 9.72. The number of hydrogen-bond donors (Lipinski definition) is 0. The Balaban J connectivity index is 0.000000561. The fraction of sp³-hybridized carbons (Fsp3) is 0.700. The van der Waals surface area contributed by atoms with E-state index >= 15 is 0 Å². The second-order valence-electron chi connectivity index (χ2n) is 2.63. The molecule has 12 heavy (non-hydrogen) atoms. The minimum Gasteiger partial charge on any atom is -0.272 e. The predicted molar refractivity (Wildman–Crippen MR) is 53.4 cm³/mol. The van der Waals surface area contributed by atoms with E-state index in [1.54, 1.807) is 0 Å². The van der Waals surface area contributed by atoms with Gasteiger partial charge in [0.25, 0.3) is 0 Å². The van der Waals surface area contributed by atoms with E-state index in [0.717, 1.165) is 6.42 Å². The van der Waals surface area contributed by atoms with Gasteiger partial charge in [0.05, 0.1) is 5.69 Å². The van der Waals surface area contributed by atoms with Gasteiger partial charge < -0.3 is 0 Å². The van der Waals surface area contributed by atoms with Gasteiger partial charge in [-0.05, 0) is 25.8 Å². The summed E-state index contributed by atoms with van der Waals surface area (Å²) in [7, 11) is 1.99. The lowest BCUT2D eigenvalue weighted by Crippen LogP contribution is -1.92. The molecule has 70 valence electrons. The van der Waals surface area contributed by atoms with E-state index in [1.165, 1.54) is 17.0 Å². The molecular formula is C10H20N2. The van der Waals surface area contributed by atoms with Crippen LogP contribution in [0.25, 0.3) is 0 Å². The zero-order valence-corrected chi connectivity index (χ0v) is 9.10. The number of hydrogen-bond acceptors (Lipinski definition) is 1. The number of aryl methyl sites for hydroxylation is 2. The lowest BCUT2D eigenvalue weighted by atomic mass is 10.2. The summed E-state index contributed by atoms with van der Waals surface area (Å²) in [5.41, 5.74) is 3.84. The van der Waals surface area contributed by atoms with Crippen molar-refractivity contribution in [3.63, 3.8) is 0 Å². The van der Waals surface area contributed by atoms with Crippen molar-refractivity contribution in [3.05, 3.63) is 17.0 Å². The van der Waals surface area contributed by atoms with E-state index in [9.17, 15) is 0 Å². The van der Waals surface area contributed by atoms with Crippen LogP contribution in [-0.2, 0) is 13.5 Å². The van der Waals surface area contributed by atoms with Gasteiger partial charge in [-0.2, -0.15) is 5.10 Å². The van der Waals surface area contributed by atoms with Crippen molar-refractivity contribution < 1.29 is 0 Å². The van der Waals surface area contributed by atoms with E-state index in [4.69, 9.17) is 0 Å². The van der Waals surface area contributed by atoms with Crippen LogP contribution in [0.15, 0.2) is 0 Å². The maximum absolute atomic E-state index is 4.34. The van der Waals surface area contributed by atoms with Gasteiger partial charge >= 0.3 is 0 Å². The molecular weight excluding hydrogens is 148 g/mol. The Kier molecular flexibility index (Phi) is 4.64. The van der Waals surface area contributed by atoms with Gasteiger partial charge in [-0.25, -0.2) is 0 Å². The van der Waals surface area contributed by atoms with Crippen molar-refractivity contribution in [2.75, 3.05) is 0 Å². The first-order chi connectivity index (χ1) is 5.66. The van der Waals surface area contributed by atoms with Crippen molar-refractivity contribution in [3.8, 4) is 0 Å². The standard InChI is InChI=1S/C8H14N2.C2H6/c1-5-8-6(2)7(3)10(4)9-8;1-2/h5H2,1-4H3;1-2H3. The van der Waals surface area contributed by atoms with Crippen LogP contribution in [0.3, 0.4) is 0 Å². The quantitative estimate of drug-likeness (QED) is 0.630. The Bertz CT molecular complexity index is 236. The predicted octanol–water partition coefficient (Wildman–Crippen LogP) is 2.63. The Morgan fingerprint density at radius 1 is 1.25 bits per heavy atom. The maximum atomic E-state index is 4.34. The minimum atomic E-state index is 1.04. The Morgan fingerprint density at radius 3 is 1.92 bits per heavy atom. The number of nitrogens with zero attached hydrogens (tertiary/aromatic N) is 2. The summed E-state index contributed by atoms with van der Waals surface area (Å²) in [4.78, 5) is 0. The summed E-state index contributed by atoms with van der Waals surface area (Å²) >= 11 is 0. The van der Waals surface area contributed by atoms with Gasteiger partial charge in [0.1, 0.15) is 0 Å². The molecule has 0 N–H and O–H groups in total. The van der Waals surface area contributed by atoms with E-state index in [-0.39, 0.29) is 0 Å². The lowest BCUT2D eigenvalue weighted by molar-refractivity contribution is 0.723. The molecule has 1 heterocycles. The Hall–Kier alpha value is -0.790. The summed E-state index contributed by atoms with van der Waals surface area (Å²) in [5, 5.41) is 4.34. The molecule has 0 aliphatic carbocycles. The topological polar surface area (TPSA) is 17.8 Å². The second-order valence-corrected chi connectivity index (χ2v) is 2.63. The van der Waals surface area contributed by atoms with E-state index in [2.05, 4.69) is 25.9 Å². The van der Waals surface area contributed by atoms with Crippen LogP contribution in [0.2, 0.25) is 0 Å². The largest absolute Gasteiger partial charge is 0.272 e. The van der Waals surface area contributed by atoms with Crippen molar-refractivity contribution in [1.82, 2.24) is 9.78 Å². The van der Waals surface area contributed by atoms with Crippen molar-refractivity contribution in [2.45, 2.75) is 41.0 Å². The first-order valence-corrected chi connectivity index (χ1v) is 4.66. The molecule has 0 radical (unpaired) electrons. The normalized spacial score (nSPS) is 9.17. The van der Waals surface area contributed by atoms with Gasteiger partial charge in [0.2, 0.25) is 0 Å². The van der Waals surface area contributed by atoms with Crippen LogP contribution in [0.5, 0.6) is 0 Å². The van der Waals surface area contributed by atoms with Gasteiger partial charge in [-0.15, -0.1) is 0 Å². The molecule has 0 aliphatic rings. The van der Waals surface area contributed by atoms with Gasteiger partial charge in [0.15, 0.2) is 0 Å². The summed E-state index contributed by atoms with van der Waals surface area (Å²) in [6.45, 7) is 10.4. The van der Waals surface area contributed by atoms with Crippen LogP contribution >= 0.6 is 0 Å². The molecule has 0 bridgehead atoms. The molecule has 1 rings (SSSR count). The monoisotopic (exact) mass is 168 g/mol. The van der Waals surface area contributed by atoms with Crippen LogP contribution in [0.4, 0.5) is 0 Å². The first-order valence-electron chi connectivity index (χ1n) is 4.66. The van der Waals surface area contributed by atoms with Crippen molar-refractivity contribution in [2.24, 2.45) is 7.05 Å². The van der Waals surface area contributed by atoms with Crippen molar-refractivity contribution >= 4 is 0 Å². The second kappa shape index (κ2) is 4.96. The molecule has 1 aromatic heterocycles. The molecule has 2 nitrogen and oxygen atoms in total. The fourth-order valence-electron chi connectivity index (χ4n) is 1.12. The van der Waals surface area contributed by atoms with E-state index < -0.39 is 0 Å². The highest BCUT2D eigenvalue weighted by Gasteiger charge is 2.04. The average molecular weight is 168 g/mol. The van der Waals surface area contributed by atoms with Crippen LogP contribution in [-0.4, -0.2) is 9.78 Å². The Morgan fingerprint density at radius 2 is 1.75 bits per heavy atom. The highest BCUT2D eigenvalue weighted by atomic mass is 15.3. The highest BCUT2D eigenvalue weighted by molar-refractivity contribution is 5.22. The molecule has 0 spiro atoms. The smallest absolute Gasteiger partial charge is 0.0653 e. The number of aromatic nitrogens is 2. The summed E-state index contributed by atoms with van der Waals surface area (Å²) < 4.78 is 1.94. The molecule has 0 saturated carbocycles. The van der Waals surface area contributed by atoms with Gasteiger partial charge in [-0.1, -0.05) is 20.8 Å². The molecule has 0 fully saturated rings. The molecule has 0 aromatic carbocycles. The van der Waals surface area contributed by atoms with E-state index in [1.807, 2.05) is 25.6 Å². The van der Waals surface area contributed by atoms with Gasteiger partial charge in [-0.3, -0.25) is 4.68 Å². The van der Waals surface area contributed by atoms with Crippen LogP contribution in [0, 0.1) is 13.8 Å². The van der Waals surface area contributed by atoms with Crippen LogP contribution < -0.4 is 0 Å². The van der Waals surface area contributed by atoms with Crippen molar-refractivity contribution in [1.29, 1.82) is 0 Å². The molecule has 0 amide bonds. The molecule has 1 aromatic rings. The molecule has 0 saturated heterocycles. The first kappa shape index (κ1) is 11.2. The SMILES string of the molecule is CC.CCc1nn(C)c(C)c1C. The molecule has 2 heteroatoms. The third-order valence-electron chi connectivity index (χ3n) is 2.07. The maximum Gasteiger partial charge on any atom is 0.0653 e. The molecule has 0 aliphatic heterocycles. The third-order valence-corrected chi connectivity index (χ3v) is 2.07. The third kappa shape index (κ3) is 2.10. The van der Waals surface area contributed by atoms with E-state index in [0.29, 0.717) is 0 Å². The lowest BCUT2D eigenvalue weighted by Gasteiger charge is -1.91.